The number of amides is 1. The summed E-state index contributed by atoms with van der Waals surface area (Å²) in [7, 11) is 0. The summed E-state index contributed by atoms with van der Waals surface area (Å²) in [6, 6.07) is 3.27. The van der Waals surface area contributed by atoms with E-state index in [0.29, 0.717) is 5.92 Å². The van der Waals surface area contributed by atoms with Crippen LogP contribution in [0.1, 0.15) is 53.0 Å². The summed E-state index contributed by atoms with van der Waals surface area (Å²) in [6.45, 7) is 0.726. The minimum absolute atomic E-state index is 0.00300. The van der Waals surface area contributed by atoms with E-state index in [2.05, 4.69) is 4.98 Å². The molecule has 5 heteroatoms. The van der Waals surface area contributed by atoms with Gasteiger partial charge in [0.15, 0.2) is 0 Å². The van der Waals surface area contributed by atoms with E-state index >= 15 is 0 Å². The summed E-state index contributed by atoms with van der Waals surface area (Å²) < 4.78 is 0. The normalized spacial score (nSPS) is 25.3. The number of hydrogen-bond acceptors (Lipinski definition) is 3. The fraction of sp³-hybridized carbons (Fsp3) is 0.533. The molecule has 1 saturated heterocycles. The summed E-state index contributed by atoms with van der Waals surface area (Å²) in [4.78, 5) is 29.7. The second-order valence-electron chi connectivity index (χ2n) is 5.60. The van der Waals surface area contributed by atoms with E-state index in [1.807, 2.05) is 4.90 Å². The number of hydrogen-bond donors (Lipinski definition) is 1. The molecule has 20 heavy (non-hydrogen) atoms. The first-order valence-corrected chi connectivity index (χ1v) is 7.18. The summed E-state index contributed by atoms with van der Waals surface area (Å²) in [5, 5.41) is 9.18. The monoisotopic (exact) mass is 274 g/mol. The first kappa shape index (κ1) is 13.1. The third kappa shape index (κ3) is 2.17. The molecule has 0 radical (unpaired) electrons. The Morgan fingerprint density at radius 1 is 1.25 bits per heavy atom. The first-order valence-electron chi connectivity index (χ1n) is 7.18. The molecule has 2 atom stereocenters. The number of rotatable bonds is 2. The van der Waals surface area contributed by atoms with Crippen LogP contribution in [0.15, 0.2) is 18.3 Å². The molecule has 3 rings (SSSR count). The molecular weight excluding hydrogens is 256 g/mol. The Balaban J connectivity index is 1.88. The fourth-order valence-corrected chi connectivity index (χ4v) is 3.54. The van der Waals surface area contributed by atoms with Crippen molar-refractivity contribution in [3.05, 3.63) is 29.6 Å². The van der Waals surface area contributed by atoms with Crippen LogP contribution in [0.5, 0.6) is 0 Å². The molecule has 5 nitrogen and oxygen atoms in total. The third-order valence-electron chi connectivity index (χ3n) is 4.51. The molecule has 1 aliphatic carbocycles. The van der Waals surface area contributed by atoms with Gasteiger partial charge in [-0.25, -0.2) is 4.79 Å². The molecule has 1 aromatic rings. The van der Waals surface area contributed by atoms with Crippen molar-refractivity contribution in [1.82, 2.24) is 9.88 Å². The quantitative estimate of drug-likeness (QED) is 0.897. The molecule has 1 amide bonds. The van der Waals surface area contributed by atoms with E-state index in [9.17, 15) is 14.7 Å². The largest absolute Gasteiger partial charge is 0.478 e. The van der Waals surface area contributed by atoms with Crippen molar-refractivity contribution in [2.45, 2.75) is 38.1 Å². The third-order valence-corrected chi connectivity index (χ3v) is 4.51. The minimum Gasteiger partial charge on any atom is -0.478 e. The van der Waals surface area contributed by atoms with Crippen molar-refractivity contribution in [3.8, 4) is 0 Å². The lowest BCUT2D eigenvalue weighted by atomic mass is 9.85. The number of fused-ring (bicyclic) bond motifs is 1. The number of carboxylic acids is 1. The van der Waals surface area contributed by atoms with Crippen LogP contribution in [0.25, 0.3) is 0 Å². The van der Waals surface area contributed by atoms with Crippen molar-refractivity contribution in [2.24, 2.45) is 5.92 Å². The number of likely N-dealkylation sites (tertiary alicyclic amines) is 1. The number of nitrogens with zero attached hydrogens (tertiary/aromatic N) is 2. The second kappa shape index (κ2) is 5.23. The van der Waals surface area contributed by atoms with Gasteiger partial charge in [-0.05, 0) is 37.3 Å². The van der Waals surface area contributed by atoms with Crippen LogP contribution in [0.4, 0.5) is 0 Å². The highest BCUT2D eigenvalue weighted by molar-refractivity contribution is 6.03. The Morgan fingerprint density at radius 2 is 2.05 bits per heavy atom. The van der Waals surface area contributed by atoms with Gasteiger partial charge in [0.25, 0.3) is 5.91 Å². The Kier molecular flexibility index (Phi) is 3.42. The maximum Gasteiger partial charge on any atom is 0.338 e. The van der Waals surface area contributed by atoms with E-state index in [1.165, 1.54) is 25.1 Å². The van der Waals surface area contributed by atoms with Crippen molar-refractivity contribution < 1.29 is 14.7 Å². The van der Waals surface area contributed by atoms with E-state index < -0.39 is 5.97 Å². The van der Waals surface area contributed by atoms with Gasteiger partial charge < -0.3 is 10.0 Å². The minimum atomic E-state index is -1.10. The number of aromatic nitrogens is 1. The Labute approximate surface area is 117 Å². The van der Waals surface area contributed by atoms with E-state index in [-0.39, 0.29) is 23.2 Å². The summed E-state index contributed by atoms with van der Waals surface area (Å²) >= 11 is 0. The Morgan fingerprint density at radius 3 is 2.85 bits per heavy atom. The van der Waals surface area contributed by atoms with Crippen LogP contribution in [0.3, 0.4) is 0 Å². The van der Waals surface area contributed by atoms with Gasteiger partial charge in [0.1, 0.15) is 5.69 Å². The second-order valence-corrected chi connectivity index (χ2v) is 5.60. The average molecular weight is 274 g/mol. The summed E-state index contributed by atoms with van der Waals surface area (Å²) in [5.74, 6) is -0.733. The van der Waals surface area contributed by atoms with Crippen molar-refractivity contribution in [1.29, 1.82) is 0 Å². The molecule has 1 N–H and O–H groups in total. The van der Waals surface area contributed by atoms with Gasteiger partial charge in [0, 0.05) is 18.8 Å². The van der Waals surface area contributed by atoms with Crippen molar-refractivity contribution in [3.63, 3.8) is 0 Å². The van der Waals surface area contributed by atoms with Crippen molar-refractivity contribution in [2.75, 3.05) is 6.54 Å². The molecule has 0 spiro atoms. The Bertz CT molecular complexity index is 544. The van der Waals surface area contributed by atoms with Crippen LogP contribution in [-0.4, -0.2) is 39.5 Å². The van der Waals surface area contributed by atoms with Gasteiger partial charge >= 0.3 is 5.97 Å². The van der Waals surface area contributed by atoms with Gasteiger partial charge in [-0.2, -0.15) is 0 Å². The SMILES string of the molecule is O=C(O)c1cccnc1C(=O)N1CCC2CCCCC21. The summed E-state index contributed by atoms with van der Waals surface area (Å²) in [5.41, 5.74) is 0.0722. The lowest BCUT2D eigenvalue weighted by molar-refractivity contribution is 0.0646. The highest BCUT2D eigenvalue weighted by atomic mass is 16.4. The number of carbonyl (C=O) groups is 2. The molecular formula is C15H18N2O3. The molecule has 2 heterocycles. The molecule has 0 aromatic carbocycles. The molecule has 2 aliphatic rings. The molecule has 1 aromatic heterocycles. The van der Waals surface area contributed by atoms with Gasteiger partial charge in [0.05, 0.1) is 5.56 Å². The molecule has 0 bridgehead atoms. The summed E-state index contributed by atoms with van der Waals surface area (Å²) in [6.07, 6.45) is 7.12. The molecule has 1 aliphatic heterocycles. The number of carboxylic acid groups (broad SMARTS) is 1. The predicted molar refractivity (Wildman–Crippen MR) is 72.6 cm³/mol. The lowest BCUT2D eigenvalue weighted by Gasteiger charge is -2.31. The van der Waals surface area contributed by atoms with Crippen LogP contribution < -0.4 is 0 Å². The van der Waals surface area contributed by atoms with Gasteiger partial charge in [-0.15, -0.1) is 0 Å². The highest BCUT2D eigenvalue weighted by Crippen LogP contribution is 2.36. The van der Waals surface area contributed by atoms with E-state index in [1.54, 1.807) is 6.07 Å². The van der Waals surface area contributed by atoms with Crippen molar-refractivity contribution >= 4 is 11.9 Å². The number of pyridine rings is 1. The maximum absolute atomic E-state index is 12.6. The molecule has 1 saturated carbocycles. The van der Waals surface area contributed by atoms with Gasteiger partial charge in [0.2, 0.25) is 0 Å². The van der Waals surface area contributed by atoms with Crippen LogP contribution in [0.2, 0.25) is 0 Å². The standard InChI is InChI=1S/C15H18N2O3/c18-14(13-11(15(19)20)5-3-8-16-13)17-9-7-10-4-1-2-6-12(10)17/h3,5,8,10,12H,1-2,4,6-7,9H2,(H,19,20). The number of carbonyl (C=O) groups excluding carboxylic acids is 1. The van der Waals surface area contributed by atoms with E-state index in [0.717, 1.165) is 25.8 Å². The van der Waals surface area contributed by atoms with Crippen LogP contribution in [-0.2, 0) is 0 Å². The zero-order valence-electron chi connectivity index (χ0n) is 11.3. The topological polar surface area (TPSA) is 70.5 Å². The predicted octanol–water partition coefficient (Wildman–Crippen LogP) is 2.18. The van der Waals surface area contributed by atoms with E-state index in [4.69, 9.17) is 0 Å². The fourth-order valence-electron chi connectivity index (χ4n) is 3.54. The average Bonchev–Trinajstić information content (AvgIpc) is 2.90. The Hall–Kier alpha value is -1.91. The lowest BCUT2D eigenvalue weighted by Crippen LogP contribution is -2.40. The van der Waals surface area contributed by atoms with Gasteiger partial charge in [-0.3, -0.25) is 9.78 Å². The van der Waals surface area contributed by atoms with Crippen LogP contribution in [0, 0.1) is 5.92 Å². The molecule has 2 unspecified atom stereocenters. The maximum atomic E-state index is 12.6. The van der Waals surface area contributed by atoms with Gasteiger partial charge in [-0.1, -0.05) is 12.8 Å². The molecule has 2 fully saturated rings. The number of aromatic carboxylic acids is 1. The zero-order valence-corrected chi connectivity index (χ0v) is 11.3. The molecule has 106 valence electrons. The zero-order chi connectivity index (χ0) is 14.1. The van der Waals surface area contributed by atoms with Crippen LogP contribution >= 0.6 is 0 Å². The smallest absolute Gasteiger partial charge is 0.338 e. The first-order chi connectivity index (χ1) is 9.68. The highest BCUT2D eigenvalue weighted by Gasteiger charge is 2.39.